The molecule has 1 fully saturated rings. The number of nitrogens with zero attached hydrogens (tertiary/aromatic N) is 1. The third-order valence-electron chi connectivity index (χ3n) is 5.15. The van der Waals surface area contributed by atoms with E-state index in [0.717, 1.165) is 35.1 Å². The Hall–Kier alpha value is -2.13. The van der Waals surface area contributed by atoms with Gasteiger partial charge in [-0.1, -0.05) is 41.4 Å². The smallest absolute Gasteiger partial charge is 0.253 e. The molecule has 0 aromatic heterocycles. The van der Waals surface area contributed by atoms with Gasteiger partial charge in [0.2, 0.25) is 0 Å². The van der Waals surface area contributed by atoms with Crippen molar-refractivity contribution in [3.63, 3.8) is 0 Å². The van der Waals surface area contributed by atoms with Gasteiger partial charge < -0.3 is 4.90 Å². The first kappa shape index (κ1) is 18.7. The number of piperidine rings is 1. The van der Waals surface area contributed by atoms with Crippen LogP contribution in [0.1, 0.15) is 39.9 Å². The minimum atomic E-state index is 0.0251. The summed E-state index contributed by atoms with van der Waals surface area (Å²) in [5, 5.41) is 0.703. The van der Waals surface area contributed by atoms with Gasteiger partial charge in [-0.3, -0.25) is 9.59 Å². The van der Waals surface area contributed by atoms with Gasteiger partial charge >= 0.3 is 0 Å². The molecule has 1 aliphatic heterocycles. The molecule has 1 saturated heterocycles. The normalized spacial score (nSPS) is 15.1. The summed E-state index contributed by atoms with van der Waals surface area (Å²) in [6.45, 7) is 5.23. The van der Waals surface area contributed by atoms with Crippen LogP contribution in [0.25, 0.3) is 0 Å². The van der Waals surface area contributed by atoms with E-state index in [0.29, 0.717) is 24.5 Å². The van der Waals surface area contributed by atoms with Crippen LogP contribution >= 0.6 is 11.6 Å². The zero-order valence-corrected chi connectivity index (χ0v) is 16.1. The van der Waals surface area contributed by atoms with Crippen molar-refractivity contribution in [1.29, 1.82) is 0 Å². The lowest BCUT2D eigenvalue weighted by Gasteiger charge is -2.31. The number of halogens is 1. The summed E-state index contributed by atoms with van der Waals surface area (Å²) in [5.41, 5.74) is 3.84. The fourth-order valence-electron chi connectivity index (χ4n) is 3.38. The minimum Gasteiger partial charge on any atom is -0.339 e. The number of rotatable bonds is 4. The highest BCUT2D eigenvalue weighted by Gasteiger charge is 2.27. The number of carbonyl (C=O) groups is 2. The van der Waals surface area contributed by atoms with Gasteiger partial charge in [0.1, 0.15) is 5.78 Å². The SMILES string of the molecule is Cc1ccc(C(=O)N2CCC(C(=O)Cc3ccc(C)c(Cl)c3)CC2)cc1. The van der Waals surface area contributed by atoms with Gasteiger partial charge in [0.25, 0.3) is 5.91 Å². The summed E-state index contributed by atoms with van der Waals surface area (Å²) in [5.74, 6) is 0.325. The third kappa shape index (κ3) is 4.34. The van der Waals surface area contributed by atoms with Crippen molar-refractivity contribution in [3.8, 4) is 0 Å². The molecule has 2 aromatic carbocycles. The molecule has 4 heteroatoms. The summed E-state index contributed by atoms with van der Waals surface area (Å²) >= 11 is 6.15. The number of ketones is 1. The fourth-order valence-corrected chi connectivity index (χ4v) is 3.58. The maximum absolute atomic E-state index is 12.6. The lowest BCUT2D eigenvalue weighted by atomic mass is 9.89. The van der Waals surface area contributed by atoms with Crippen LogP contribution in [0.3, 0.4) is 0 Å². The molecule has 0 spiro atoms. The van der Waals surface area contributed by atoms with Crippen molar-refractivity contribution in [3.05, 3.63) is 69.7 Å². The standard InChI is InChI=1S/C22H24ClNO2/c1-15-3-7-19(8-4-15)22(26)24-11-9-18(10-12-24)21(25)14-17-6-5-16(2)20(23)13-17/h3-8,13,18H,9-12,14H2,1-2H3. The average molecular weight is 370 g/mol. The van der Waals surface area contributed by atoms with E-state index >= 15 is 0 Å². The zero-order valence-electron chi connectivity index (χ0n) is 15.3. The molecule has 0 N–H and O–H groups in total. The van der Waals surface area contributed by atoms with Crippen LogP contribution in [-0.4, -0.2) is 29.7 Å². The molecule has 2 aromatic rings. The summed E-state index contributed by atoms with van der Waals surface area (Å²) in [7, 11) is 0. The van der Waals surface area contributed by atoms with E-state index in [4.69, 9.17) is 11.6 Å². The van der Waals surface area contributed by atoms with Crippen LogP contribution in [0.2, 0.25) is 5.02 Å². The lowest BCUT2D eigenvalue weighted by Crippen LogP contribution is -2.40. The number of carbonyl (C=O) groups excluding carboxylic acids is 2. The molecule has 1 amide bonds. The number of amides is 1. The fraction of sp³-hybridized carbons (Fsp3) is 0.364. The Morgan fingerprint density at radius 2 is 1.69 bits per heavy atom. The number of benzene rings is 2. The van der Waals surface area contributed by atoms with Crippen LogP contribution in [0.5, 0.6) is 0 Å². The Morgan fingerprint density at radius 1 is 1.04 bits per heavy atom. The predicted molar refractivity (Wildman–Crippen MR) is 105 cm³/mol. The molecule has 3 nitrogen and oxygen atoms in total. The molecule has 0 unspecified atom stereocenters. The molecular weight excluding hydrogens is 346 g/mol. The van der Waals surface area contributed by atoms with E-state index in [-0.39, 0.29) is 17.6 Å². The molecule has 0 saturated carbocycles. The number of Topliss-reactive ketones (excluding diaryl/α,β-unsaturated/α-hetero) is 1. The van der Waals surface area contributed by atoms with Gasteiger partial charge in [-0.05, 0) is 56.0 Å². The van der Waals surface area contributed by atoms with Crippen molar-refractivity contribution >= 4 is 23.3 Å². The second-order valence-electron chi connectivity index (χ2n) is 7.16. The molecule has 0 aliphatic carbocycles. The Morgan fingerprint density at radius 3 is 2.31 bits per heavy atom. The number of likely N-dealkylation sites (tertiary alicyclic amines) is 1. The van der Waals surface area contributed by atoms with E-state index in [1.807, 2.05) is 61.2 Å². The van der Waals surface area contributed by atoms with Crippen molar-refractivity contribution in [2.24, 2.45) is 5.92 Å². The van der Waals surface area contributed by atoms with Crippen LogP contribution in [-0.2, 0) is 11.2 Å². The van der Waals surface area contributed by atoms with Gasteiger partial charge in [0.05, 0.1) is 0 Å². The first-order valence-electron chi connectivity index (χ1n) is 9.07. The molecule has 1 heterocycles. The van der Waals surface area contributed by atoms with Crippen molar-refractivity contribution in [1.82, 2.24) is 4.90 Å². The minimum absolute atomic E-state index is 0.0251. The van der Waals surface area contributed by atoms with E-state index < -0.39 is 0 Å². The van der Waals surface area contributed by atoms with Crippen LogP contribution < -0.4 is 0 Å². The maximum atomic E-state index is 12.6. The highest BCUT2D eigenvalue weighted by atomic mass is 35.5. The molecule has 3 rings (SSSR count). The Labute approximate surface area is 160 Å². The van der Waals surface area contributed by atoms with Crippen molar-refractivity contribution < 1.29 is 9.59 Å². The van der Waals surface area contributed by atoms with Crippen molar-refractivity contribution in [2.75, 3.05) is 13.1 Å². The molecule has 136 valence electrons. The van der Waals surface area contributed by atoms with Gasteiger partial charge in [0.15, 0.2) is 0 Å². The third-order valence-corrected chi connectivity index (χ3v) is 5.56. The van der Waals surface area contributed by atoms with Crippen LogP contribution in [0, 0.1) is 19.8 Å². The second kappa shape index (κ2) is 8.05. The molecule has 1 aliphatic rings. The highest BCUT2D eigenvalue weighted by molar-refractivity contribution is 6.31. The van der Waals surface area contributed by atoms with E-state index in [2.05, 4.69) is 0 Å². The van der Waals surface area contributed by atoms with Gasteiger partial charge in [-0.15, -0.1) is 0 Å². The molecule has 26 heavy (non-hydrogen) atoms. The Kier molecular flexibility index (Phi) is 5.77. The highest BCUT2D eigenvalue weighted by Crippen LogP contribution is 2.23. The van der Waals surface area contributed by atoms with E-state index in [9.17, 15) is 9.59 Å². The molecule has 0 radical (unpaired) electrons. The lowest BCUT2D eigenvalue weighted by molar-refractivity contribution is -0.123. The van der Waals surface area contributed by atoms with E-state index in [1.165, 1.54) is 0 Å². The number of aryl methyl sites for hydroxylation is 2. The zero-order chi connectivity index (χ0) is 18.7. The van der Waals surface area contributed by atoms with E-state index in [1.54, 1.807) is 0 Å². The summed E-state index contributed by atoms with van der Waals surface area (Å²) < 4.78 is 0. The van der Waals surface area contributed by atoms with Crippen molar-refractivity contribution in [2.45, 2.75) is 33.1 Å². The quantitative estimate of drug-likeness (QED) is 0.788. The molecular formula is C22H24ClNO2. The average Bonchev–Trinajstić information content (AvgIpc) is 2.65. The number of hydrogen-bond acceptors (Lipinski definition) is 2. The van der Waals surface area contributed by atoms with Crippen LogP contribution in [0.4, 0.5) is 0 Å². The first-order chi connectivity index (χ1) is 12.4. The topological polar surface area (TPSA) is 37.4 Å². The first-order valence-corrected chi connectivity index (χ1v) is 9.45. The van der Waals surface area contributed by atoms with Gasteiger partial charge in [-0.2, -0.15) is 0 Å². The molecule has 0 atom stereocenters. The summed E-state index contributed by atoms with van der Waals surface area (Å²) in [4.78, 5) is 27.0. The maximum Gasteiger partial charge on any atom is 0.253 e. The predicted octanol–water partition coefficient (Wildman–Crippen LogP) is 4.62. The number of hydrogen-bond donors (Lipinski definition) is 0. The van der Waals surface area contributed by atoms with Gasteiger partial charge in [0, 0.05) is 36.0 Å². The second-order valence-corrected chi connectivity index (χ2v) is 7.57. The molecule has 0 bridgehead atoms. The Bertz CT molecular complexity index is 805. The summed E-state index contributed by atoms with van der Waals surface area (Å²) in [6, 6.07) is 13.5. The summed E-state index contributed by atoms with van der Waals surface area (Å²) in [6.07, 6.45) is 1.88. The largest absolute Gasteiger partial charge is 0.339 e. The van der Waals surface area contributed by atoms with Crippen LogP contribution in [0.15, 0.2) is 42.5 Å². The monoisotopic (exact) mass is 369 g/mol. The van der Waals surface area contributed by atoms with Gasteiger partial charge in [-0.25, -0.2) is 0 Å². The Balaban J connectivity index is 1.55.